The van der Waals surface area contributed by atoms with E-state index in [-0.39, 0.29) is 10.7 Å². The molecule has 0 radical (unpaired) electrons. The number of carboxylic acid groups (broad SMARTS) is 1. The number of hydrogen-bond acceptors (Lipinski definition) is 3. The molecule has 0 aromatic heterocycles. The first-order valence-corrected chi connectivity index (χ1v) is 4.99. The van der Waals surface area contributed by atoms with Crippen molar-refractivity contribution in [2.45, 2.75) is 0 Å². The molecule has 86 valence electrons. The van der Waals surface area contributed by atoms with Gasteiger partial charge in [0.1, 0.15) is 17.9 Å². The largest absolute Gasteiger partial charge is 0.489 e. The first-order chi connectivity index (χ1) is 7.52. The summed E-state index contributed by atoms with van der Waals surface area (Å²) in [5.74, 6) is -1.98. The number of halogens is 2. The summed E-state index contributed by atoms with van der Waals surface area (Å²) in [6, 6.07) is 1.30. The van der Waals surface area contributed by atoms with Crippen LogP contribution in [0.1, 0.15) is 10.4 Å². The summed E-state index contributed by atoms with van der Waals surface area (Å²) in [5.41, 5.74) is -0.203. The molecule has 0 saturated heterocycles. The van der Waals surface area contributed by atoms with E-state index >= 15 is 0 Å². The zero-order valence-corrected chi connectivity index (χ0v) is 9.21. The van der Waals surface area contributed by atoms with Gasteiger partial charge in [-0.3, -0.25) is 0 Å². The number of likely N-dealkylation sites (N-methyl/N-ethyl adjacent to an activating group) is 1. The van der Waals surface area contributed by atoms with Crippen molar-refractivity contribution >= 4 is 23.3 Å². The van der Waals surface area contributed by atoms with E-state index in [0.29, 0.717) is 18.9 Å². The molecule has 1 heterocycles. The van der Waals surface area contributed by atoms with Crippen LogP contribution in [0.15, 0.2) is 6.07 Å². The Labute approximate surface area is 96.2 Å². The van der Waals surface area contributed by atoms with E-state index in [1.54, 1.807) is 11.9 Å². The van der Waals surface area contributed by atoms with E-state index in [1.807, 2.05) is 0 Å². The van der Waals surface area contributed by atoms with Gasteiger partial charge in [0.25, 0.3) is 0 Å². The maximum Gasteiger partial charge on any atom is 0.341 e. The fourth-order valence-corrected chi connectivity index (χ4v) is 1.88. The molecule has 0 bridgehead atoms. The minimum atomic E-state index is -1.35. The summed E-state index contributed by atoms with van der Waals surface area (Å²) in [6.45, 7) is 0.929. The van der Waals surface area contributed by atoms with E-state index in [0.717, 1.165) is 0 Å². The van der Waals surface area contributed by atoms with Crippen LogP contribution in [0.5, 0.6) is 5.75 Å². The van der Waals surface area contributed by atoms with Gasteiger partial charge in [-0.15, -0.1) is 0 Å². The average Bonchev–Trinajstić information content (AvgIpc) is 2.20. The second-order valence-corrected chi connectivity index (χ2v) is 3.88. The summed E-state index contributed by atoms with van der Waals surface area (Å²) < 4.78 is 18.9. The molecule has 0 atom stereocenters. The molecule has 0 amide bonds. The minimum absolute atomic E-state index is 0.237. The lowest BCUT2D eigenvalue weighted by atomic mass is 10.1. The Kier molecular flexibility index (Phi) is 2.63. The third-order valence-corrected chi connectivity index (χ3v) is 2.71. The maximum atomic E-state index is 13.6. The minimum Gasteiger partial charge on any atom is -0.489 e. The van der Waals surface area contributed by atoms with Crippen LogP contribution < -0.4 is 9.64 Å². The topological polar surface area (TPSA) is 49.8 Å². The molecular formula is C10H9ClFNO3. The number of carboxylic acids is 1. The smallest absolute Gasteiger partial charge is 0.341 e. The first kappa shape index (κ1) is 11.0. The number of hydrogen-bond donors (Lipinski definition) is 1. The van der Waals surface area contributed by atoms with Crippen molar-refractivity contribution in [1.82, 2.24) is 0 Å². The molecule has 0 fully saturated rings. The van der Waals surface area contributed by atoms with Crippen molar-refractivity contribution in [3.63, 3.8) is 0 Å². The van der Waals surface area contributed by atoms with Gasteiger partial charge in [0.15, 0.2) is 5.82 Å². The van der Waals surface area contributed by atoms with E-state index < -0.39 is 17.3 Å². The predicted molar refractivity (Wildman–Crippen MR) is 57.1 cm³/mol. The lowest BCUT2D eigenvalue weighted by molar-refractivity contribution is 0.0691. The van der Waals surface area contributed by atoms with Crippen LogP contribution in [0.25, 0.3) is 0 Å². The lowest BCUT2D eigenvalue weighted by Gasteiger charge is -2.29. The number of fused-ring (bicyclic) bond motifs is 1. The normalized spacial score (nSPS) is 14.3. The maximum absolute atomic E-state index is 13.6. The van der Waals surface area contributed by atoms with Gasteiger partial charge in [-0.1, -0.05) is 11.6 Å². The van der Waals surface area contributed by atoms with Gasteiger partial charge < -0.3 is 14.7 Å². The van der Waals surface area contributed by atoms with E-state index in [1.165, 1.54) is 6.07 Å². The zero-order chi connectivity index (χ0) is 11.9. The SMILES string of the molecule is CN1CCOc2cc(Cl)c(F)c(C(=O)O)c21. The molecule has 1 aromatic carbocycles. The second-order valence-electron chi connectivity index (χ2n) is 3.47. The van der Waals surface area contributed by atoms with Crippen molar-refractivity contribution < 1.29 is 19.0 Å². The molecule has 1 aliphatic heterocycles. The van der Waals surface area contributed by atoms with Crippen LogP contribution in [0.2, 0.25) is 5.02 Å². The van der Waals surface area contributed by atoms with Crippen LogP contribution >= 0.6 is 11.6 Å². The number of nitrogens with zero attached hydrogens (tertiary/aromatic N) is 1. The Bertz CT molecular complexity index is 464. The molecule has 0 saturated carbocycles. The molecule has 6 heteroatoms. The highest BCUT2D eigenvalue weighted by Gasteiger charge is 2.28. The van der Waals surface area contributed by atoms with Gasteiger partial charge in [-0.2, -0.15) is 0 Å². The van der Waals surface area contributed by atoms with Gasteiger partial charge in [0, 0.05) is 13.1 Å². The molecule has 0 spiro atoms. The Morgan fingerprint density at radius 3 is 3.00 bits per heavy atom. The Balaban J connectivity index is 2.73. The predicted octanol–water partition coefficient (Wildman–Crippen LogP) is 2.01. The number of carbonyl (C=O) groups is 1. The zero-order valence-electron chi connectivity index (χ0n) is 8.46. The van der Waals surface area contributed by atoms with Gasteiger partial charge in [0.05, 0.1) is 17.3 Å². The third-order valence-electron chi connectivity index (χ3n) is 2.44. The number of ether oxygens (including phenoxy) is 1. The van der Waals surface area contributed by atoms with Crippen LogP contribution in [0, 0.1) is 5.82 Å². The summed E-state index contributed by atoms with van der Waals surface area (Å²) >= 11 is 5.61. The van der Waals surface area contributed by atoms with Gasteiger partial charge >= 0.3 is 5.97 Å². The Morgan fingerprint density at radius 1 is 1.69 bits per heavy atom. The summed E-state index contributed by atoms with van der Waals surface area (Å²) in [5, 5.41) is 8.74. The van der Waals surface area contributed by atoms with E-state index in [2.05, 4.69) is 0 Å². The van der Waals surface area contributed by atoms with Crippen LogP contribution in [0.4, 0.5) is 10.1 Å². The van der Waals surface area contributed by atoms with Crippen molar-refractivity contribution in [2.75, 3.05) is 25.1 Å². The molecule has 0 unspecified atom stereocenters. The van der Waals surface area contributed by atoms with Crippen LogP contribution in [-0.4, -0.2) is 31.3 Å². The summed E-state index contributed by atoms with van der Waals surface area (Å²) in [6.07, 6.45) is 0. The van der Waals surface area contributed by atoms with Crippen molar-refractivity contribution in [3.8, 4) is 5.75 Å². The van der Waals surface area contributed by atoms with E-state index in [4.69, 9.17) is 21.4 Å². The molecule has 16 heavy (non-hydrogen) atoms. The third kappa shape index (κ3) is 1.57. The van der Waals surface area contributed by atoms with Crippen molar-refractivity contribution in [3.05, 3.63) is 22.5 Å². The highest BCUT2D eigenvalue weighted by atomic mass is 35.5. The van der Waals surface area contributed by atoms with Gasteiger partial charge in [0.2, 0.25) is 0 Å². The molecule has 1 aromatic rings. The molecule has 0 aliphatic carbocycles. The van der Waals surface area contributed by atoms with Gasteiger partial charge in [-0.05, 0) is 0 Å². The van der Waals surface area contributed by atoms with Crippen molar-refractivity contribution in [2.24, 2.45) is 0 Å². The molecule has 1 aliphatic rings. The highest BCUT2D eigenvalue weighted by molar-refractivity contribution is 6.31. The number of anilines is 1. The van der Waals surface area contributed by atoms with Crippen LogP contribution in [0.3, 0.4) is 0 Å². The average molecular weight is 246 g/mol. The molecule has 4 nitrogen and oxygen atoms in total. The highest BCUT2D eigenvalue weighted by Crippen LogP contribution is 2.39. The van der Waals surface area contributed by atoms with Crippen LogP contribution in [-0.2, 0) is 0 Å². The molecular weight excluding hydrogens is 237 g/mol. The molecule has 1 N–H and O–H groups in total. The summed E-state index contributed by atoms with van der Waals surface area (Å²) in [4.78, 5) is 12.7. The lowest BCUT2D eigenvalue weighted by Crippen LogP contribution is -2.31. The summed E-state index contributed by atoms with van der Waals surface area (Å²) in [7, 11) is 1.68. The van der Waals surface area contributed by atoms with E-state index in [9.17, 15) is 9.18 Å². The number of rotatable bonds is 1. The van der Waals surface area contributed by atoms with Gasteiger partial charge in [-0.25, -0.2) is 9.18 Å². The second kappa shape index (κ2) is 3.83. The number of benzene rings is 1. The Morgan fingerprint density at radius 2 is 2.38 bits per heavy atom. The first-order valence-electron chi connectivity index (χ1n) is 4.61. The quantitative estimate of drug-likeness (QED) is 0.822. The molecule has 2 rings (SSSR count). The fraction of sp³-hybridized carbons (Fsp3) is 0.300. The Hall–Kier alpha value is -1.49. The number of aromatic carboxylic acids is 1. The monoisotopic (exact) mass is 245 g/mol. The van der Waals surface area contributed by atoms with Crippen molar-refractivity contribution in [1.29, 1.82) is 0 Å². The fourth-order valence-electron chi connectivity index (χ4n) is 1.68. The standard InChI is InChI=1S/C10H9ClFNO3/c1-13-2-3-16-6-4-5(11)8(12)7(9(6)13)10(14)15/h4H,2-3H2,1H3,(H,14,15).